The number of aromatic nitrogens is 3. The van der Waals surface area contributed by atoms with Crippen molar-refractivity contribution in [1.29, 1.82) is 0 Å². The molecule has 184 valence electrons. The number of H-pyrrole nitrogens is 1. The van der Waals surface area contributed by atoms with Crippen LogP contribution in [0.25, 0.3) is 5.70 Å². The molecule has 3 N–H and O–H groups in total. The van der Waals surface area contributed by atoms with Crippen LogP contribution in [0.15, 0.2) is 65.9 Å². The molecule has 2 heterocycles. The lowest BCUT2D eigenvalue weighted by Crippen LogP contribution is -2.19. The fraction of sp³-hybridized carbons (Fsp3) is 0.308. The van der Waals surface area contributed by atoms with E-state index in [2.05, 4.69) is 14.9 Å². The number of aliphatic imine (C=N–C) groups is 1. The van der Waals surface area contributed by atoms with Crippen molar-refractivity contribution < 1.29 is 14.3 Å². The van der Waals surface area contributed by atoms with Crippen molar-refractivity contribution >= 4 is 29.0 Å². The van der Waals surface area contributed by atoms with Crippen molar-refractivity contribution in [2.45, 2.75) is 19.3 Å². The molecule has 35 heavy (non-hydrogen) atoms. The highest BCUT2D eigenvalue weighted by molar-refractivity contribution is 6.10. The second-order valence-corrected chi connectivity index (χ2v) is 7.94. The van der Waals surface area contributed by atoms with Crippen molar-refractivity contribution in [3.63, 3.8) is 0 Å². The molecule has 0 bridgehead atoms. The van der Waals surface area contributed by atoms with E-state index in [9.17, 15) is 4.79 Å². The predicted molar refractivity (Wildman–Crippen MR) is 138 cm³/mol. The second-order valence-electron chi connectivity index (χ2n) is 7.94. The van der Waals surface area contributed by atoms with Crippen LogP contribution in [0, 0.1) is 0 Å². The highest BCUT2D eigenvalue weighted by atomic mass is 16.5. The lowest BCUT2D eigenvalue weighted by molar-refractivity contribution is 0.0600. The number of pyridine rings is 1. The van der Waals surface area contributed by atoms with Gasteiger partial charge in [-0.3, -0.25) is 0 Å². The summed E-state index contributed by atoms with van der Waals surface area (Å²) in [6.45, 7) is 1.67. The molecule has 1 aromatic carbocycles. The lowest BCUT2D eigenvalue weighted by atomic mass is 10.1. The molecule has 3 rings (SSSR count). The Morgan fingerprint density at radius 1 is 1.14 bits per heavy atom. The maximum atomic E-state index is 11.9. The zero-order valence-corrected chi connectivity index (χ0v) is 20.4. The number of rotatable bonds is 12. The van der Waals surface area contributed by atoms with Crippen LogP contribution < -0.4 is 10.6 Å². The van der Waals surface area contributed by atoms with Gasteiger partial charge in [-0.2, -0.15) is 0 Å². The second kappa shape index (κ2) is 13.0. The molecule has 3 aromatic rings. The molecule has 0 fully saturated rings. The summed E-state index contributed by atoms with van der Waals surface area (Å²) in [6, 6.07) is 12.6. The van der Waals surface area contributed by atoms with Gasteiger partial charge in [-0.25, -0.2) is 19.8 Å². The molecule has 9 nitrogen and oxygen atoms in total. The van der Waals surface area contributed by atoms with Gasteiger partial charge in [-0.05, 0) is 55.2 Å². The standard InChI is InChI=1S/C26H32N6O3/c1-32(15-5-4-6-16-34-2)24-12-8-11-23(31-24)30-22(25-28-13-14-29-25)18-21(27)19-9-7-10-20(17-19)26(33)35-3/h7-14,17-18H,4-6,15-16,27H2,1-3H3,(H,28,29)/b21-18-,30-22?. The molecule has 0 saturated heterocycles. The normalized spacial score (nSPS) is 12.0. The van der Waals surface area contributed by atoms with Crippen LogP contribution in [-0.2, 0) is 9.47 Å². The first-order valence-electron chi connectivity index (χ1n) is 11.4. The molecule has 0 aliphatic rings. The Morgan fingerprint density at radius 3 is 2.69 bits per heavy atom. The van der Waals surface area contributed by atoms with Crippen LogP contribution in [0.5, 0.6) is 0 Å². The topological polar surface area (TPSA) is 119 Å². The molecule has 0 atom stereocenters. The summed E-state index contributed by atoms with van der Waals surface area (Å²) >= 11 is 0. The van der Waals surface area contributed by atoms with E-state index in [0.29, 0.717) is 34.2 Å². The number of imidazole rings is 1. The maximum Gasteiger partial charge on any atom is 0.337 e. The number of carbonyl (C=O) groups excluding carboxylic acids is 1. The highest BCUT2D eigenvalue weighted by Gasteiger charge is 2.11. The number of nitrogens with one attached hydrogen (secondary N) is 1. The van der Waals surface area contributed by atoms with E-state index in [1.165, 1.54) is 7.11 Å². The van der Waals surface area contributed by atoms with E-state index in [1.807, 2.05) is 31.3 Å². The third kappa shape index (κ3) is 7.51. The minimum Gasteiger partial charge on any atom is -0.465 e. The molecule has 0 saturated carbocycles. The van der Waals surface area contributed by atoms with Gasteiger partial charge in [0.15, 0.2) is 11.6 Å². The van der Waals surface area contributed by atoms with Crippen molar-refractivity contribution in [1.82, 2.24) is 15.0 Å². The zero-order chi connectivity index (χ0) is 25.0. The minimum absolute atomic E-state index is 0.414. The first kappa shape index (κ1) is 25.6. The van der Waals surface area contributed by atoms with Gasteiger partial charge in [0.2, 0.25) is 0 Å². The van der Waals surface area contributed by atoms with E-state index >= 15 is 0 Å². The highest BCUT2D eigenvalue weighted by Crippen LogP contribution is 2.19. The third-order valence-electron chi connectivity index (χ3n) is 5.34. The summed E-state index contributed by atoms with van der Waals surface area (Å²) in [5.74, 6) is 1.49. The van der Waals surface area contributed by atoms with Crippen LogP contribution >= 0.6 is 0 Å². The minimum atomic E-state index is -0.427. The molecular formula is C26H32N6O3. The molecule has 0 amide bonds. The SMILES string of the molecule is COCCCCCN(C)c1cccc(N=C(/C=C(\N)c2cccc(C(=O)OC)c2)c2ncc[nH]2)n1. The predicted octanol–water partition coefficient (Wildman–Crippen LogP) is 3.96. The Balaban J connectivity index is 1.85. The van der Waals surface area contributed by atoms with Crippen LogP contribution in [0.2, 0.25) is 0 Å². The molecule has 0 aliphatic heterocycles. The molecular weight excluding hydrogens is 444 g/mol. The quantitative estimate of drug-likeness (QED) is 0.231. The number of methoxy groups -OCH3 is 2. The Kier molecular flexibility index (Phi) is 9.56. The first-order chi connectivity index (χ1) is 17.0. The van der Waals surface area contributed by atoms with Gasteiger partial charge < -0.3 is 25.1 Å². The number of unbranched alkanes of at least 4 members (excludes halogenated alkanes) is 2. The number of aromatic amines is 1. The molecule has 0 aliphatic carbocycles. The number of anilines is 1. The summed E-state index contributed by atoms with van der Waals surface area (Å²) in [4.78, 5) is 30.8. The van der Waals surface area contributed by atoms with E-state index in [4.69, 9.17) is 25.2 Å². The van der Waals surface area contributed by atoms with Crippen LogP contribution in [0.4, 0.5) is 11.6 Å². The number of carbonyl (C=O) groups is 1. The molecule has 2 aromatic heterocycles. The Bertz CT molecular complexity index is 1160. The number of esters is 1. The number of hydrogen-bond donors (Lipinski definition) is 2. The molecule has 0 unspecified atom stereocenters. The van der Waals surface area contributed by atoms with Gasteiger partial charge in [-0.1, -0.05) is 18.2 Å². The van der Waals surface area contributed by atoms with E-state index in [-0.39, 0.29) is 0 Å². The monoisotopic (exact) mass is 476 g/mol. The van der Waals surface area contributed by atoms with Crippen molar-refractivity contribution in [2.75, 3.05) is 39.3 Å². The Hall–Kier alpha value is -3.98. The lowest BCUT2D eigenvalue weighted by Gasteiger charge is -2.18. The number of allylic oxidation sites excluding steroid dienone is 1. The number of hydrogen-bond acceptors (Lipinski definition) is 8. The van der Waals surface area contributed by atoms with Crippen LogP contribution in [-0.4, -0.2) is 61.1 Å². The van der Waals surface area contributed by atoms with Crippen LogP contribution in [0.1, 0.15) is 41.0 Å². The smallest absolute Gasteiger partial charge is 0.337 e. The van der Waals surface area contributed by atoms with Crippen molar-refractivity contribution in [2.24, 2.45) is 10.7 Å². The fourth-order valence-electron chi connectivity index (χ4n) is 3.43. The van der Waals surface area contributed by atoms with E-state index in [1.54, 1.807) is 43.8 Å². The summed E-state index contributed by atoms with van der Waals surface area (Å²) in [5.41, 5.74) is 8.41. The van der Waals surface area contributed by atoms with Crippen molar-refractivity contribution in [3.05, 3.63) is 77.9 Å². The first-order valence-corrected chi connectivity index (χ1v) is 11.4. The Labute approximate surface area is 205 Å². The fourth-order valence-corrected chi connectivity index (χ4v) is 3.43. The summed E-state index contributed by atoms with van der Waals surface area (Å²) in [5, 5.41) is 0. The van der Waals surface area contributed by atoms with Gasteiger partial charge in [0.25, 0.3) is 0 Å². The van der Waals surface area contributed by atoms with Crippen molar-refractivity contribution in [3.8, 4) is 0 Å². The average Bonchev–Trinajstić information content (AvgIpc) is 3.43. The van der Waals surface area contributed by atoms with Gasteiger partial charge in [-0.15, -0.1) is 0 Å². The van der Waals surface area contributed by atoms with Crippen LogP contribution in [0.3, 0.4) is 0 Å². The van der Waals surface area contributed by atoms with Gasteiger partial charge in [0.1, 0.15) is 11.5 Å². The van der Waals surface area contributed by atoms with E-state index < -0.39 is 5.97 Å². The zero-order valence-electron chi connectivity index (χ0n) is 20.4. The molecule has 0 spiro atoms. The Morgan fingerprint density at radius 2 is 1.94 bits per heavy atom. The maximum absolute atomic E-state index is 11.9. The molecule has 0 radical (unpaired) electrons. The number of benzene rings is 1. The largest absolute Gasteiger partial charge is 0.465 e. The summed E-state index contributed by atoms with van der Waals surface area (Å²) in [6.07, 6.45) is 8.27. The number of nitrogens with zero attached hydrogens (tertiary/aromatic N) is 4. The third-order valence-corrected chi connectivity index (χ3v) is 5.34. The molecule has 9 heteroatoms. The number of nitrogens with two attached hydrogens (primary N) is 1. The summed E-state index contributed by atoms with van der Waals surface area (Å²) in [7, 11) is 5.09. The van der Waals surface area contributed by atoms with Gasteiger partial charge in [0.05, 0.1) is 12.7 Å². The average molecular weight is 477 g/mol. The number of ether oxygens (including phenoxy) is 2. The summed E-state index contributed by atoms with van der Waals surface area (Å²) < 4.78 is 9.92. The van der Waals surface area contributed by atoms with Gasteiger partial charge >= 0.3 is 5.97 Å². The van der Waals surface area contributed by atoms with E-state index in [0.717, 1.165) is 38.2 Å². The van der Waals surface area contributed by atoms with Gasteiger partial charge in [0, 0.05) is 45.4 Å².